The van der Waals surface area contributed by atoms with Crippen molar-refractivity contribution in [1.82, 2.24) is 19.9 Å². The van der Waals surface area contributed by atoms with E-state index in [1.807, 2.05) is 38.1 Å². The van der Waals surface area contributed by atoms with Crippen molar-refractivity contribution in [2.45, 2.75) is 39.5 Å². The summed E-state index contributed by atoms with van der Waals surface area (Å²) >= 11 is 0. The minimum Gasteiger partial charge on any atom is -0.293 e. The number of fused-ring (bicyclic) bond motifs is 3. The van der Waals surface area contributed by atoms with Gasteiger partial charge in [-0.2, -0.15) is 0 Å². The van der Waals surface area contributed by atoms with E-state index in [-0.39, 0.29) is 0 Å². The highest BCUT2D eigenvalue weighted by molar-refractivity contribution is 5.86. The van der Waals surface area contributed by atoms with Gasteiger partial charge < -0.3 is 0 Å². The minimum absolute atomic E-state index is 0.521. The fourth-order valence-electron chi connectivity index (χ4n) is 4.12. The predicted octanol–water partition coefficient (Wildman–Crippen LogP) is 5.33. The average Bonchev–Trinajstić information content (AvgIpc) is 2.74. The van der Waals surface area contributed by atoms with Crippen LogP contribution in [-0.4, -0.2) is 19.9 Å². The number of hydrogen-bond acceptors (Lipinski definition) is 5. The van der Waals surface area contributed by atoms with E-state index in [0.717, 1.165) is 46.4 Å². The fourth-order valence-corrected chi connectivity index (χ4v) is 4.12. The molecule has 5 heteroatoms. The van der Waals surface area contributed by atoms with E-state index in [4.69, 9.17) is 9.97 Å². The highest BCUT2D eigenvalue weighted by atomic mass is 15.2. The summed E-state index contributed by atoms with van der Waals surface area (Å²) in [7, 11) is 0. The van der Waals surface area contributed by atoms with Crippen LogP contribution >= 0.6 is 0 Å². The van der Waals surface area contributed by atoms with E-state index < -0.39 is 0 Å². The Balaban J connectivity index is 1.56. The molecule has 0 saturated carbocycles. The SMILES string of the molecule is Cc1cc(-c2ccccc2)nc(Nc2nc(C)c3ccc4c(c3n2)CCCC4)n1. The quantitative estimate of drug-likeness (QED) is 0.520. The molecule has 0 atom stereocenters. The van der Waals surface area contributed by atoms with E-state index in [2.05, 4.69) is 39.6 Å². The Morgan fingerprint density at radius 3 is 2.45 bits per heavy atom. The van der Waals surface area contributed by atoms with Crippen LogP contribution in [-0.2, 0) is 12.8 Å². The first-order chi connectivity index (χ1) is 14.2. The molecule has 0 bridgehead atoms. The van der Waals surface area contributed by atoms with E-state index >= 15 is 0 Å². The summed E-state index contributed by atoms with van der Waals surface area (Å²) < 4.78 is 0. The number of nitrogens with one attached hydrogen (secondary N) is 1. The lowest BCUT2D eigenvalue weighted by Crippen LogP contribution is -2.08. The third-order valence-corrected chi connectivity index (χ3v) is 5.53. The first-order valence-corrected chi connectivity index (χ1v) is 10.1. The average molecular weight is 381 g/mol. The summed E-state index contributed by atoms with van der Waals surface area (Å²) in [5.74, 6) is 1.07. The first-order valence-electron chi connectivity index (χ1n) is 10.1. The molecule has 5 rings (SSSR count). The standard InChI is InChI=1S/C24H23N5/c1-15-14-21(18-9-4-3-5-10-18)27-23(25-15)29-24-26-16(2)19-13-12-17-8-6-7-11-20(17)22(19)28-24/h3-5,9-10,12-14H,6-8,11H2,1-2H3,(H,25,26,27,28,29). The third kappa shape index (κ3) is 3.44. The van der Waals surface area contributed by atoms with Crippen LogP contribution in [0.3, 0.4) is 0 Å². The molecule has 0 radical (unpaired) electrons. The molecule has 2 aromatic heterocycles. The Bertz CT molecular complexity index is 1200. The summed E-state index contributed by atoms with van der Waals surface area (Å²) in [4.78, 5) is 18.8. The van der Waals surface area contributed by atoms with Crippen molar-refractivity contribution in [2.24, 2.45) is 0 Å². The zero-order valence-electron chi connectivity index (χ0n) is 16.7. The minimum atomic E-state index is 0.521. The lowest BCUT2D eigenvalue weighted by molar-refractivity contribution is 0.689. The second kappa shape index (κ2) is 7.24. The molecule has 1 N–H and O–H groups in total. The van der Waals surface area contributed by atoms with Crippen molar-refractivity contribution < 1.29 is 0 Å². The Labute approximate surface area is 170 Å². The molecule has 0 amide bonds. The summed E-state index contributed by atoms with van der Waals surface area (Å²) in [6.45, 7) is 4.01. The zero-order valence-corrected chi connectivity index (χ0v) is 16.7. The van der Waals surface area contributed by atoms with Gasteiger partial charge >= 0.3 is 0 Å². The summed E-state index contributed by atoms with van der Waals surface area (Å²) in [5.41, 5.74) is 7.68. The molecule has 1 aliphatic rings. The molecule has 0 saturated heterocycles. The molecule has 0 spiro atoms. The number of aromatic nitrogens is 4. The Morgan fingerprint density at radius 1 is 0.793 bits per heavy atom. The number of anilines is 2. The van der Waals surface area contributed by atoms with Gasteiger partial charge in [0, 0.05) is 16.6 Å². The van der Waals surface area contributed by atoms with Crippen molar-refractivity contribution in [1.29, 1.82) is 0 Å². The van der Waals surface area contributed by atoms with Crippen LogP contribution in [0.25, 0.3) is 22.2 Å². The van der Waals surface area contributed by atoms with Crippen LogP contribution in [0.4, 0.5) is 11.9 Å². The molecule has 29 heavy (non-hydrogen) atoms. The van der Waals surface area contributed by atoms with Gasteiger partial charge in [-0.1, -0.05) is 42.5 Å². The monoisotopic (exact) mass is 381 g/mol. The maximum Gasteiger partial charge on any atom is 0.230 e. The van der Waals surface area contributed by atoms with Crippen LogP contribution < -0.4 is 5.32 Å². The number of benzene rings is 2. The summed E-state index contributed by atoms with van der Waals surface area (Å²) in [5, 5.41) is 4.38. The van der Waals surface area contributed by atoms with Gasteiger partial charge in [-0.15, -0.1) is 0 Å². The van der Waals surface area contributed by atoms with Gasteiger partial charge in [-0.05, 0) is 56.7 Å². The second-order valence-corrected chi connectivity index (χ2v) is 7.65. The predicted molar refractivity (Wildman–Crippen MR) is 116 cm³/mol. The van der Waals surface area contributed by atoms with Crippen LogP contribution in [0.5, 0.6) is 0 Å². The zero-order chi connectivity index (χ0) is 19.8. The van der Waals surface area contributed by atoms with Gasteiger partial charge in [0.1, 0.15) is 0 Å². The molecule has 0 fully saturated rings. The first kappa shape index (κ1) is 17.7. The fraction of sp³-hybridized carbons (Fsp3) is 0.250. The normalized spacial score (nSPS) is 13.3. The van der Waals surface area contributed by atoms with Gasteiger partial charge in [-0.25, -0.2) is 19.9 Å². The lowest BCUT2D eigenvalue weighted by Gasteiger charge is -2.18. The van der Waals surface area contributed by atoms with Crippen molar-refractivity contribution in [3.05, 3.63) is 71.0 Å². The van der Waals surface area contributed by atoms with E-state index in [1.54, 1.807) is 0 Å². The van der Waals surface area contributed by atoms with Crippen molar-refractivity contribution >= 4 is 22.8 Å². The number of hydrogen-bond donors (Lipinski definition) is 1. The Hall–Kier alpha value is -3.34. The smallest absolute Gasteiger partial charge is 0.230 e. The Morgan fingerprint density at radius 2 is 1.59 bits per heavy atom. The molecule has 5 nitrogen and oxygen atoms in total. The van der Waals surface area contributed by atoms with E-state index in [1.165, 1.54) is 24.0 Å². The second-order valence-electron chi connectivity index (χ2n) is 7.65. The Kier molecular flexibility index (Phi) is 4.43. The third-order valence-electron chi connectivity index (χ3n) is 5.53. The molecule has 2 aromatic carbocycles. The largest absolute Gasteiger partial charge is 0.293 e. The van der Waals surface area contributed by atoms with Gasteiger partial charge in [0.05, 0.1) is 16.9 Å². The van der Waals surface area contributed by atoms with E-state index in [9.17, 15) is 0 Å². The van der Waals surface area contributed by atoms with Crippen molar-refractivity contribution in [2.75, 3.05) is 5.32 Å². The maximum absolute atomic E-state index is 4.87. The molecule has 1 aliphatic carbocycles. The van der Waals surface area contributed by atoms with Gasteiger partial charge in [-0.3, -0.25) is 5.32 Å². The van der Waals surface area contributed by atoms with Crippen molar-refractivity contribution in [3.63, 3.8) is 0 Å². The molecule has 144 valence electrons. The summed E-state index contributed by atoms with van der Waals surface area (Å²) in [6, 6.07) is 16.5. The van der Waals surface area contributed by atoms with Crippen LogP contribution in [0.15, 0.2) is 48.5 Å². The molecule has 0 unspecified atom stereocenters. The van der Waals surface area contributed by atoms with Crippen LogP contribution in [0.1, 0.15) is 35.4 Å². The molecule has 0 aliphatic heterocycles. The highest BCUT2D eigenvalue weighted by Crippen LogP contribution is 2.30. The molecule has 2 heterocycles. The van der Waals surface area contributed by atoms with Crippen LogP contribution in [0, 0.1) is 13.8 Å². The van der Waals surface area contributed by atoms with Gasteiger partial charge in [0.15, 0.2) is 0 Å². The van der Waals surface area contributed by atoms with Crippen molar-refractivity contribution in [3.8, 4) is 11.3 Å². The van der Waals surface area contributed by atoms with E-state index in [0.29, 0.717) is 11.9 Å². The lowest BCUT2D eigenvalue weighted by atomic mass is 9.89. The van der Waals surface area contributed by atoms with Gasteiger partial charge in [0.25, 0.3) is 0 Å². The topological polar surface area (TPSA) is 63.6 Å². The molecule has 4 aromatic rings. The number of nitrogens with zero attached hydrogens (tertiary/aromatic N) is 4. The summed E-state index contributed by atoms with van der Waals surface area (Å²) in [6.07, 6.45) is 4.70. The number of rotatable bonds is 3. The maximum atomic E-state index is 4.87. The highest BCUT2D eigenvalue weighted by Gasteiger charge is 2.16. The molecular formula is C24H23N5. The van der Waals surface area contributed by atoms with Crippen LogP contribution in [0.2, 0.25) is 0 Å². The molecular weight excluding hydrogens is 358 g/mol. The number of aryl methyl sites for hydroxylation is 4. The van der Waals surface area contributed by atoms with Gasteiger partial charge in [0.2, 0.25) is 11.9 Å².